The number of aromatic nitrogens is 2. The molecule has 1 aromatic carbocycles. The molecule has 2 amide bonds. The molecule has 1 aliphatic heterocycles. The van der Waals surface area contributed by atoms with Crippen LogP contribution in [0.15, 0.2) is 36.0 Å². The number of alkyl halides is 3. The molecule has 1 N–H and O–H groups in total. The zero-order valence-electron chi connectivity index (χ0n) is 19.1. The summed E-state index contributed by atoms with van der Waals surface area (Å²) in [6, 6.07) is 9.06. The van der Waals surface area contributed by atoms with Crippen LogP contribution >= 0.6 is 0 Å². The summed E-state index contributed by atoms with van der Waals surface area (Å²) >= 11 is 0. The van der Waals surface area contributed by atoms with Gasteiger partial charge in [-0.3, -0.25) is 19.1 Å². The summed E-state index contributed by atoms with van der Waals surface area (Å²) in [5.74, 6) is -3.51. The first-order chi connectivity index (χ1) is 15.9. The van der Waals surface area contributed by atoms with Crippen LogP contribution in [0, 0.1) is 12.8 Å². The Bertz CT molecular complexity index is 1180. The Morgan fingerprint density at radius 2 is 1.85 bits per heavy atom. The first-order valence-corrected chi connectivity index (χ1v) is 11.0. The van der Waals surface area contributed by atoms with Gasteiger partial charge in [-0.05, 0) is 25.5 Å². The van der Waals surface area contributed by atoms with E-state index in [1.54, 1.807) is 4.90 Å². The fourth-order valence-electron chi connectivity index (χ4n) is 4.47. The summed E-state index contributed by atoms with van der Waals surface area (Å²) < 4.78 is 41.5. The molecule has 1 aromatic heterocycles. The van der Waals surface area contributed by atoms with Gasteiger partial charge in [0.15, 0.2) is 5.78 Å². The van der Waals surface area contributed by atoms with E-state index in [1.165, 1.54) is 17.7 Å². The number of fused-ring (bicyclic) bond motifs is 1. The fraction of sp³-hybridized carbons (Fsp3) is 0.417. The zero-order chi connectivity index (χ0) is 24.8. The van der Waals surface area contributed by atoms with Crippen molar-refractivity contribution in [2.75, 3.05) is 6.54 Å². The van der Waals surface area contributed by atoms with Crippen LogP contribution in [-0.2, 0) is 16.1 Å². The molecule has 180 valence electrons. The first kappa shape index (κ1) is 23.7. The Labute approximate surface area is 194 Å². The van der Waals surface area contributed by atoms with Gasteiger partial charge in [-0.15, -0.1) is 0 Å². The number of amides is 2. The molecule has 2 atom stereocenters. The maximum Gasteiger partial charge on any atom is 0.392 e. The predicted molar refractivity (Wildman–Crippen MR) is 117 cm³/mol. The van der Waals surface area contributed by atoms with Gasteiger partial charge in [-0.2, -0.15) is 18.3 Å². The van der Waals surface area contributed by atoms with Crippen molar-refractivity contribution in [2.24, 2.45) is 5.92 Å². The van der Waals surface area contributed by atoms with Crippen LogP contribution in [0.1, 0.15) is 60.0 Å². The van der Waals surface area contributed by atoms with Crippen molar-refractivity contribution in [1.82, 2.24) is 20.0 Å². The van der Waals surface area contributed by atoms with Gasteiger partial charge < -0.3 is 10.2 Å². The number of carbonyl (C=O) groups excluding carboxylic acids is 3. The normalized spacial score (nSPS) is 21.1. The van der Waals surface area contributed by atoms with Crippen molar-refractivity contribution >= 4 is 23.2 Å². The second-order valence-electron chi connectivity index (χ2n) is 8.98. The van der Waals surface area contributed by atoms with Gasteiger partial charge >= 0.3 is 6.18 Å². The van der Waals surface area contributed by atoms with E-state index in [1.807, 2.05) is 38.1 Å². The summed E-state index contributed by atoms with van der Waals surface area (Å²) in [4.78, 5) is 39.3. The number of allylic oxidation sites excluding steroid dienone is 2. The lowest BCUT2D eigenvalue weighted by molar-refractivity contribution is -0.178. The molecule has 1 aliphatic carbocycles. The Hall–Kier alpha value is -3.43. The van der Waals surface area contributed by atoms with Gasteiger partial charge in [0.25, 0.3) is 5.91 Å². The third kappa shape index (κ3) is 4.62. The van der Waals surface area contributed by atoms with Crippen molar-refractivity contribution in [3.8, 4) is 0 Å². The van der Waals surface area contributed by atoms with Gasteiger partial charge in [0.05, 0.1) is 23.2 Å². The van der Waals surface area contributed by atoms with Gasteiger partial charge in [-0.1, -0.05) is 29.8 Å². The molecular formula is C24H25F3N4O3. The van der Waals surface area contributed by atoms with E-state index in [2.05, 4.69) is 10.4 Å². The van der Waals surface area contributed by atoms with Crippen LogP contribution < -0.4 is 5.32 Å². The second-order valence-corrected chi connectivity index (χ2v) is 8.98. The first-order valence-electron chi connectivity index (χ1n) is 11.0. The topological polar surface area (TPSA) is 84.3 Å². The molecule has 0 saturated heterocycles. The molecule has 34 heavy (non-hydrogen) atoms. The van der Waals surface area contributed by atoms with Crippen LogP contribution in [-0.4, -0.2) is 45.0 Å². The number of benzene rings is 1. The molecular weight excluding hydrogens is 449 g/mol. The Morgan fingerprint density at radius 1 is 1.18 bits per heavy atom. The monoisotopic (exact) mass is 474 g/mol. The Morgan fingerprint density at radius 3 is 2.47 bits per heavy atom. The highest BCUT2D eigenvalue weighted by Crippen LogP contribution is 2.40. The third-order valence-corrected chi connectivity index (χ3v) is 6.15. The van der Waals surface area contributed by atoms with Gasteiger partial charge in [-0.25, -0.2) is 0 Å². The van der Waals surface area contributed by atoms with Gasteiger partial charge in [0.1, 0.15) is 5.69 Å². The van der Waals surface area contributed by atoms with E-state index < -0.39 is 36.6 Å². The molecule has 2 aliphatic rings. The minimum Gasteiger partial charge on any atom is -0.331 e. The van der Waals surface area contributed by atoms with Crippen molar-refractivity contribution in [2.45, 2.75) is 52.4 Å². The van der Waals surface area contributed by atoms with Gasteiger partial charge in [0.2, 0.25) is 5.91 Å². The number of rotatable bonds is 4. The van der Waals surface area contributed by atoms with E-state index in [9.17, 15) is 27.6 Å². The number of halogens is 3. The van der Waals surface area contributed by atoms with Crippen molar-refractivity contribution in [3.05, 3.63) is 58.5 Å². The number of carbonyl (C=O) groups is 3. The summed E-state index contributed by atoms with van der Waals surface area (Å²) in [7, 11) is 0. The maximum absolute atomic E-state index is 13.3. The van der Waals surface area contributed by atoms with Crippen molar-refractivity contribution in [1.29, 1.82) is 0 Å². The molecule has 7 nitrogen and oxygen atoms in total. The summed E-state index contributed by atoms with van der Waals surface area (Å²) in [5, 5.41) is 6.80. The molecule has 0 spiro atoms. The largest absolute Gasteiger partial charge is 0.392 e. The minimum absolute atomic E-state index is 0.0670. The summed E-state index contributed by atoms with van der Waals surface area (Å²) in [6.45, 7) is 5.81. The second kappa shape index (κ2) is 8.73. The number of Topliss-reactive ketones (excluding diaryl/α,β-unsaturated/α-hetero) is 1. The maximum atomic E-state index is 13.3. The lowest BCUT2D eigenvalue weighted by atomic mass is 9.84. The zero-order valence-corrected chi connectivity index (χ0v) is 19.1. The third-order valence-electron chi connectivity index (χ3n) is 6.15. The predicted octanol–water partition coefficient (Wildman–Crippen LogP) is 3.80. The van der Waals surface area contributed by atoms with Crippen LogP contribution in [0.2, 0.25) is 0 Å². The molecule has 0 saturated carbocycles. The highest BCUT2D eigenvalue weighted by molar-refractivity contribution is 6.22. The molecule has 0 fully saturated rings. The molecule has 2 aromatic rings. The number of ketones is 1. The number of nitrogens with one attached hydrogen (secondary N) is 1. The number of hydrogen-bond acceptors (Lipinski definition) is 4. The highest BCUT2D eigenvalue weighted by Gasteiger charge is 2.45. The number of hydrogen-bond donors (Lipinski definition) is 1. The average molecular weight is 474 g/mol. The SMILES string of the molecule is CC(=O)NC1=C(c2cc3n(n2)[C@@H](C)CN(Cc2ccc(C)cc2)C3=O)C(=O)CC(C(F)(F)F)C1. The van der Waals surface area contributed by atoms with Crippen LogP contribution in [0.5, 0.6) is 0 Å². The molecule has 0 radical (unpaired) electrons. The van der Waals surface area contributed by atoms with Crippen molar-refractivity contribution < 1.29 is 27.6 Å². The Balaban J connectivity index is 1.69. The smallest absolute Gasteiger partial charge is 0.331 e. The molecule has 4 rings (SSSR count). The van der Waals surface area contributed by atoms with E-state index in [0.717, 1.165) is 11.1 Å². The lowest BCUT2D eigenvalue weighted by Gasteiger charge is -2.31. The van der Waals surface area contributed by atoms with E-state index >= 15 is 0 Å². The minimum atomic E-state index is -4.57. The number of aryl methyl sites for hydroxylation is 1. The summed E-state index contributed by atoms with van der Waals surface area (Å²) in [5.41, 5.74) is 2.25. The Kier molecular flexibility index (Phi) is 6.09. The van der Waals surface area contributed by atoms with E-state index in [4.69, 9.17) is 0 Å². The van der Waals surface area contributed by atoms with Crippen molar-refractivity contribution in [3.63, 3.8) is 0 Å². The molecule has 1 unspecified atom stereocenters. The molecule has 0 bridgehead atoms. The van der Waals surface area contributed by atoms with Crippen LogP contribution in [0.3, 0.4) is 0 Å². The number of nitrogens with zero attached hydrogens (tertiary/aromatic N) is 3. The van der Waals surface area contributed by atoms with Crippen LogP contribution in [0.4, 0.5) is 13.2 Å². The summed E-state index contributed by atoms with van der Waals surface area (Å²) in [6.07, 6.45) is -5.83. The van der Waals surface area contributed by atoms with E-state index in [0.29, 0.717) is 13.1 Å². The highest BCUT2D eigenvalue weighted by atomic mass is 19.4. The lowest BCUT2D eigenvalue weighted by Crippen LogP contribution is -2.41. The quantitative estimate of drug-likeness (QED) is 0.731. The standard InChI is InChI=1S/C24H25F3N4O3/c1-13-4-6-16(7-5-13)12-30-11-14(2)31-20(23(30)34)10-19(29-31)22-18(28-15(3)32)8-17(9-21(22)33)24(25,26)27/h4-7,10,14,17H,8-9,11-12H2,1-3H3,(H,28,32)/t14-,17?/m0/s1. The van der Waals surface area contributed by atoms with E-state index in [-0.39, 0.29) is 34.6 Å². The molecule has 2 heterocycles. The fourth-order valence-corrected chi connectivity index (χ4v) is 4.47. The van der Waals surface area contributed by atoms with Gasteiger partial charge in [0, 0.05) is 38.6 Å². The molecule has 10 heteroatoms. The van der Waals surface area contributed by atoms with Crippen LogP contribution in [0.25, 0.3) is 5.57 Å². The average Bonchev–Trinajstić information content (AvgIpc) is 3.18.